The van der Waals surface area contributed by atoms with Gasteiger partial charge in [0.2, 0.25) is 0 Å². The molecule has 0 bridgehead atoms. The highest BCUT2D eigenvalue weighted by atomic mass is 16.3. The van der Waals surface area contributed by atoms with E-state index in [2.05, 4.69) is 45.1 Å². The molecule has 7 atom stereocenters. The van der Waals surface area contributed by atoms with Crippen LogP contribution in [0.15, 0.2) is 35.5 Å². The first-order chi connectivity index (χ1) is 13.5. The fourth-order valence-corrected chi connectivity index (χ4v) is 7.59. The van der Waals surface area contributed by atoms with E-state index in [0.29, 0.717) is 17.3 Å². The summed E-state index contributed by atoms with van der Waals surface area (Å²) in [6.45, 7) is 11.2. The zero-order valence-corrected chi connectivity index (χ0v) is 19.2. The summed E-state index contributed by atoms with van der Waals surface area (Å²) in [5.41, 5.74) is 3.30. The summed E-state index contributed by atoms with van der Waals surface area (Å²) in [6, 6.07) is 0. The molecule has 3 fully saturated rings. The highest BCUT2D eigenvalue weighted by molar-refractivity contribution is 5.39. The topological polar surface area (TPSA) is 40.5 Å². The van der Waals surface area contributed by atoms with Crippen LogP contribution in [0.5, 0.6) is 0 Å². The van der Waals surface area contributed by atoms with Gasteiger partial charge in [-0.2, -0.15) is 0 Å². The number of allylic oxidation sites excluding steroid dienone is 4. The quantitative estimate of drug-likeness (QED) is 0.554. The Morgan fingerprint density at radius 3 is 2.59 bits per heavy atom. The van der Waals surface area contributed by atoms with Gasteiger partial charge in [0.15, 0.2) is 0 Å². The molecule has 0 spiro atoms. The van der Waals surface area contributed by atoms with Crippen LogP contribution in [0.4, 0.5) is 0 Å². The van der Waals surface area contributed by atoms with Gasteiger partial charge in [0.1, 0.15) is 0 Å². The minimum absolute atomic E-state index is 0.134. The fraction of sp³-hybridized carbons (Fsp3) is 0.778. The Morgan fingerprint density at radius 1 is 1.10 bits per heavy atom. The average Bonchev–Trinajstić information content (AvgIpc) is 2.98. The standard InChI is InChI=1S/C27H42O2/c1-18(7-6-14-25(2,3)29)22-10-11-23-21-9-8-19-17-20(28)12-15-26(19,4)24(21)13-16-27(22,23)5/h6-9,18,20,22-24,28-29H,10-17H2,1-5H3/b7-6+/t18-,20+,22?,23+,24+,26+,27-/m1/s1. The van der Waals surface area contributed by atoms with Gasteiger partial charge in [0, 0.05) is 0 Å². The van der Waals surface area contributed by atoms with Crippen LogP contribution in [0.3, 0.4) is 0 Å². The van der Waals surface area contributed by atoms with Crippen molar-refractivity contribution in [2.75, 3.05) is 0 Å². The van der Waals surface area contributed by atoms with Gasteiger partial charge in [-0.1, -0.05) is 56.2 Å². The van der Waals surface area contributed by atoms with E-state index < -0.39 is 5.60 Å². The first kappa shape index (κ1) is 21.4. The summed E-state index contributed by atoms with van der Waals surface area (Å²) in [4.78, 5) is 0. The van der Waals surface area contributed by atoms with Gasteiger partial charge in [-0.15, -0.1) is 0 Å². The van der Waals surface area contributed by atoms with E-state index in [-0.39, 0.29) is 11.5 Å². The fourth-order valence-electron chi connectivity index (χ4n) is 7.59. The van der Waals surface area contributed by atoms with E-state index in [4.69, 9.17) is 0 Å². The predicted octanol–water partition coefficient (Wildman–Crippen LogP) is 6.20. The van der Waals surface area contributed by atoms with E-state index in [1.807, 2.05) is 13.8 Å². The molecule has 1 unspecified atom stereocenters. The second-order valence-electron chi connectivity index (χ2n) is 11.8. The lowest BCUT2D eigenvalue weighted by Gasteiger charge is -2.55. The van der Waals surface area contributed by atoms with Gasteiger partial charge in [0.25, 0.3) is 0 Å². The third kappa shape index (κ3) is 3.69. The smallest absolute Gasteiger partial charge is 0.0626 e. The second kappa shape index (κ2) is 7.38. The van der Waals surface area contributed by atoms with Crippen LogP contribution in [0.1, 0.15) is 86.0 Å². The molecule has 2 N–H and O–H groups in total. The van der Waals surface area contributed by atoms with Crippen molar-refractivity contribution in [2.24, 2.45) is 34.5 Å². The number of aliphatic hydroxyl groups is 2. The van der Waals surface area contributed by atoms with Crippen LogP contribution < -0.4 is 0 Å². The van der Waals surface area contributed by atoms with Gasteiger partial charge < -0.3 is 10.2 Å². The van der Waals surface area contributed by atoms with Crippen molar-refractivity contribution in [3.8, 4) is 0 Å². The molecule has 29 heavy (non-hydrogen) atoms. The number of fused-ring (bicyclic) bond motifs is 5. The van der Waals surface area contributed by atoms with Crippen LogP contribution in [0.25, 0.3) is 0 Å². The van der Waals surface area contributed by atoms with Gasteiger partial charge in [0.05, 0.1) is 11.7 Å². The molecule has 0 heterocycles. The Morgan fingerprint density at radius 2 is 1.86 bits per heavy atom. The van der Waals surface area contributed by atoms with Crippen LogP contribution in [0, 0.1) is 34.5 Å². The highest BCUT2D eigenvalue weighted by Crippen LogP contribution is 2.65. The lowest BCUT2D eigenvalue weighted by Crippen LogP contribution is -2.46. The maximum atomic E-state index is 10.2. The molecular formula is C27H42O2. The molecule has 0 aromatic heterocycles. The molecular weight excluding hydrogens is 356 g/mol. The normalized spacial score (nSPS) is 43.3. The number of aliphatic hydroxyl groups excluding tert-OH is 1. The number of rotatable bonds is 4. The minimum atomic E-state index is -0.615. The molecule has 4 aliphatic carbocycles. The number of hydrogen-bond acceptors (Lipinski definition) is 2. The van der Waals surface area contributed by atoms with Crippen molar-refractivity contribution < 1.29 is 10.2 Å². The summed E-state index contributed by atoms with van der Waals surface area (Å²) in [5, 5.41) is 20.2. The second-order valence-corrected chi connectivity index (χ2v) is 11.8. The van der Waals surface area contributed by atoms with Crippen LogP contribution >= 0.6 is 0 Å². The molecule has 2 heteroatoms. The average molecular weight is 399 g/mol. The number of hydrogen-bond donors (Lipinski definition) is 2. The van der Waals surface area contributed by atoms with Crippen molar-refractivity contribution in [3.05, 3.63) is 35.5 Å². The molecule has 0 amide bonds. The molecule has 0 saturated heterocycles. The van der Waals surface area contributed by atoms with Gasteiger partial charge in [-0.05, 0) is 99.7 Å². The third-order valence-electron chi connectivity index (χ3n) is 9.31. The van der Waals surface area contributed by atoms with E-state index in [9.17, 15) is 10.2 Å². The van der Waals surface area contributed by atoms with Crippen LogP contribution in [-0.2, 0) is 0 Å². The Balaban J connectivity index is 1.55. The predicted molar refractivity (Wildman–Crippen MR) is 120 cm³/mol. The molecule has 3 saturated carbocycles. The SMILES string of the molecule is C[C@H](/C=C/CC(C)(C)O)C1CC[C@H]2C3=CC=C4C[C@@H](O)CC[C@]4(C)[C@H]3CC[C@]12C. The Labute approximate surface area is 178 Å². The van der Waals surface area contributed by atoms with E-state index in [1.54, 1.807) is 5.57 Å². The molecule has 2 nitrogen and oxygen atoms in total. The van der Waals surface area contributed by atoms with E-state index in [0.717, 1.165) is 37.5 Å². The van der Waals surface area contributed by atoms with E-state index in [1.165, 1.54) is 31.3 Å². The molecule has 4 rings (SSSR count). The molecule has 0 aromatic rings. The minimum Gasteiger partial charge on any atom is -0.393 e. The zero-order chi connectivity index (χ0) is 21.0. The van der Waals surface area contributed by atoms with E-state index >= 15 is 0 Å². The van der Waals surface area contributed by atoms with Gasteiger partial charge in [-0.3, -0.25) is 0 Å². The summed E-state index contributed by atoms with van der Waals surface area (Å²) >= 11 is 0. The van der Waals surface area contributed by atoms with Crippen molar-refractivity contribution in [3.63, 3.8) is 0 Å². The molecule has 0 radical (unpaired) electrons. The van der Waals surface area contributed by atoms with Crippen molar-refractivity contribution in [1.82, 2.24) is 0 Å². The molecule has 4 aliphatic rings. The van der Waals surface area contributed by atoms with Gasteiger partial charge >= 0.3 is 0 Å². The van der Waals surface area contributed by atoms with Crippen molar-refractivity contribution >= 4 is 0 Å². The highest BCUT2D eigenvalue weighted by Gasteiger charge is 2.56. The maximum Gasteiger partial charge on any atom is 0.0626 e. The van der Waals surface area contributed by atoms with Gasteiger partial charge in [-0.25, -0.2) is 0 Å². The first-order valence-corrected chi connectivity index (χ1v) is 12.0. The lowest BCUT2D eigenvalue weighted by molar-refractivity contribution is 0.0382. The Bertz CT molecular complexity index is 723. The summed E-state index contributed by atoms with van der Waals surface area (Å²) < 4.78 is 0. The lowest BCUT2D eigenvalue weighted by atomic mass is 9.50. The van der Waals surface area contributed by atoms with Crippen LogP contribution in [-0.4, -0.2) is 21.9 Å². The largest absolute Gasteiger partial charge is 0.393 e. The first-order valence-electron chi connectivity index (χ1n) is 12.0. The Hall–Kier alpha value is -0.860. The van der Waals surface area contributed by atoms with Crippen molar-refractivity contribution in [1.29, 1.82) is 0 Å². The molecule has 0 aliphatic heterocycles. The summed E-state index contributed by atoms with van der Waals surface area (Å²) in [7, 11) is 0. The third-order valence-corrected chi connectivity index (χ3v) is 9.31. The molecule has 0 aromatic carbocycles. The van der Waals surface area contributed by atoms with Crippen LogP contribution in [0.2, 0.25) is 0 Å². The summed E-state index contributed by atoms with van der Waals surface area (Å²) in [5.74, 6) is 2.71. The summed E-state index contributed by atoms with van der Waals surface area (Å²) in [6.07, 6.45) is 18.3. The molecule has 162 valence electrons. The monoisotopic (exact) mass is 398 g/mol. The maximum absolute atomic E-state index is 10.2. The van der Waals surface area contributed by atoms with Crippen molar-refractivity contribution in [2.45, 2.75) is 97.7 Å². The zero-order valence-electron chi connectivity index (χ0n) is 19.2. The Kier molecular flexibility index (Phi) is 5.44.